The summed E-state index contributed by atoms with van der Waals surface area (Å²) < 4.78 is 0. The molecule has 1 aliphatic carbocycles. The monoisotopic (exact) mass is 258 g/mol. The molecule has 1 amide bonds. The van der Waals surface area contributed by atoms with Gasteiger partial charge < -0.3 is 5.32 Å². The van der Waals surface area contributed by atoms with E-state index >= 15 is 0 Å². The Morgan fingerprint density at radius 3 is 3.16 bits per heavy atom. The molecule has 2 rings (SSSR count). The van der Waals surface area contributed by atoms with Crippen molar-refractivity contribution < 1.29 is 4.79 Å². The largest absolute Gasteiger partial charge is 0.355 e. The third-order valence-electron chi connectivity index (χ3n) is 3.70. The summed E-state index contributed by atoms with van der Waals surface area (Å²) in [5, 5.41) is 3.05. The summed E-state index contributed by atoms with van der Waals surface area (Å²) in [6, 6.07) is 4.11. The van der Waals surface area contributed by atoms with Crippen LogP contribution in [0.25, 0.3) is 0 Å². The number of carbonyl (C=O) groups is 1. The molecule has 0 bridgehead atoms. The second kappa shape index (κ2) is 6.00. The molecule has 1 aromatic rings. The fourth-order valence-corrected chi connectivity index (χ4v) is 2.71. The van der Waals surface area contributed by atoms with E-state index in [1.54, 1.807) is 0 Å². The molecule has 19 heavy (non-hydrogen) atoms. The maximum absolute atomic E-state index is 12.0. The fraction of sp³-hybridized carbons (Fsp3) is 0.500. The van der Waals surface area contributed by atoms with Gasteiger partial charge in [0.1, 0.15) is 0 Å². The third kappa shape index (κ3) is 3.43. The van der Waals surface area contributed by atoms with Crippen LogP contribution in [0.15, 0.2) is 30.5 Å². The lowest BCUT2D eigenvalue weighted by molar-refractivity contribution is -0.124. The van der Waals surface area contributed by atoms with Crippen molar-refractivity contribution in [3.05, 3.63) is 41.7 Å². The number of carbonyl (C=O) groups excluding carboxylic acids is 1. The molecule has 0 saturated heterocycles. The molecule has 0 aromatic carbocycles. The molecule has 1 heterocycles. The van der Waals surface area contributed by atoms with Gasteiger partial charge in [-0.2, -0.15) is 0 Å². The van der Waals surface area contributed by atoms with E-state index in [0.29, 0.717) is 12.5 Å². The van der Waals surface area contributed by atoms with Gasteiger partial charge in [-0.1, -0.05) is 18.6 Å². The van der Waals surface area contributed by atoms with E-state index in [9.17, 15) is 4.79 Å². The van der Waals surface area contributed by atoms with Crippen LogP contribution in [-0.2, 0) is 11.2 Å². The number of nitrogens with one attached hydrogen (secondary N) is 1. The lowest BCUT2D eigenvalue weighted by Gasteiger charge is -2.15. The van der Waals surface area contributed by atoms with Gasteiger partial charge in [-0.3, -0.25) is 9.78 Å². The van der Waals surface area contributed by atoms with Crippen LogP contribution < -0.4 is 5.32 Å². The van der Waals surface area contributed by atoms with E-state index in [-0.39, 0.29) is 11.8 Å². The average molecular weight is 258 g/mol. The molecule has 102 valence electrons. The Morgan fingerprint density at radius 1 is 1.63 bits per heavy atom. The van der Waals surface area contributed by atoms with Crippen LogP contribution in [0.4, 0.5) is 0 Å². The van der Waals surface area contributed by atoms with Crippen molar-refractivity contribution in [3.8, 4) is 0 Å². The molecule has 1 N–H and O–H groups in total. The molecule has 0 radical (unpaired) electrons. The molecular formula is C16H22N2O. The van der Waals surface area contributed by atoms with E-state index in [4.69, 9.17) is 0 Å². The Labute approximate surface area is 115 Å². The van der Waals surface area contributed by atoms with E-state index in [2.05, 4.69) is 22.9 Å². The van der Waals surface area contributed by atoms with E-state index in [1.807, 2.05) is 26.1 Å². The Hall–Kier alpha value is -1.64. The first kappa shape index (κ1) is 13.8. The Morgan fingerprint density at radius 2 is 2.42 bits per heavy atom. The van der Waals surface area contributed by atoms with Crippen molar-refractivity contribution >= 4 is 5.91 Å². The maximum atomic E-state index is 12.0. The molecule has 0 aliphatic heterocycles. The van der Waals surface area contributed by atoms with Gasteiger partial charge in [0.25, 0.3) is 0 Å². The fourth-order valence-electron chi connectivity index (χ4n) is 2.71. The predicted octanol–water partition coefficient (Wildman–Crippen LogP) is 2.83. The summed E-state index contributed by atoms with van der Waals surface area (Å²) >= 11 is 0. The molecule has 2 atom stereocenters. The van der Waals surface area contributed by atoms with Crippen molar-refractivity contribution in [2.75, 3.05) is 6.54 Å². The SMILES string of the molecule is C=C(C)CC(C)C(=O)NCC1CCc2cccnc21. The first-order valence-corrected chi connectivity index (χ1v) is 6.93. The van der Waals surface area contributed by atoms with Gasteiger partial charge >= 0.3 is 0 Å². The third-order valence-corrected chi connectivity index (χ3v) is 3.70. The first-order valence-electron chi connectivity index (χ1n) is 6.93. The van der Waals surface area contributed by atoms with Crippen LogP contribution in [0.2, 0.25) is 0 Å². The molecule has 3 nitrogen and oxygen atoms in total. The van der Waals surface area contributed by atoms with Gasteiger partial charge in [0.2, 0.25) is 5.91 Å². The van der Waals surface area contributed by atoms with Crippen molar-refractivity contribution in [1.82, 2.24) is 10.3 Å². The average Bonchev–Trinajstić information content (AvgIpc) is 2.78. The maximum Gasteiger partial charge on any atom is 0.223 e. The number of hydrogen-bond acceptors (Lipinski definition) is 2. The van der Waals surface area contributed by atoms with Gasteiger partial charge in [-0.25, -0.2) is 0 Å². The number of aryl methyl sites for hydroxylation is 1. The molecule has 3 heteroatoms. The van der Waals surface area contributed by atoms with Crippen LogP contribution in [0, 0.1) is 5.92 Å². The Balaban J connectivity index is 1.87. The van der Waals surface area contributed by atoms with Crippen LogP contribution in [0.3, 0.4) is 0 Å². The number of nitrogens with zero attached hydrogens (tertiary/aromatic N) is 1. The molecule has 1 aromatic heterocycles. The molecule has 1 aliphatic rings. The number of hydrogen-bond donors (Lipinski definition) is 1. The highest BCUT2D eigenvalue weighted by molar-refractivity contribution is 5.78. The molecule has 0 saturated carbocycles. The topological polar surface area (TPSA) is 42.0 Å². The highest BCUT2D eigenvalue weighted by Gasteiger charge is 2.24. The minimum Gasteiger partial charge on any atom is -0.355 e. The van der Waals surface area contributed by atoms with Gasteiger partial charge in [0, 0.05) is 30.3 Å². The number of aromatic nitrogens is 1. The van der Waals surface area contributed by atoms with Crippen molar-refractivity contribution in [3.63, 3.8) is 0 Å². The summed E-state index contributed by atoms with van der Waals surface area (Å²) in [6.07, 6.45) is 4.75. The lowest BCUT2D eigenvalue weighted by Crippen LogP contribution is -2.32. The smallest absolute Gasteiger partial charge is 0.223 e. The minimum atomic E-state index is 0.00195. The molecule has 2 unspecified atom stereocenters. The van der Waals surface area contributed by atoms with Crippen molar-refractivity contribution in [1.29, 1.82) is 0 Å². The number of amides is 1. The zero-order valence-electron chi connectivity index (χ0n) is 11.8. The Bertz CT molecular complexity index is 481. The van der Waals surface area contributed by atoms with Gasteiger partial charge in [0.05, 0.1) is 0 Å². The number of pyridine rings is 1. The first-order chi connectivity index (χ1) is 9.08. The van der Waals surface area contributed by atoms with Crippen LogP contribution >= 0.6 is 0 Å². The number of rotatable bonds is 5. The zero-order chi connectivity index (χ0) is 13.8. The summed E-state index contributed by atoms with van der Waals surface area (Å²) in [7, 11) is 0. The quantitative estimate of drug-likeness (QED) is 0.825. The van der Waals surface area contributed by atoms with Crippen LogP contribution in [-0.4, -0.2) is 17.4 Å². The summed E-state index contributed by atoms with van der Waals surface area (Å²) in [5.41, 5.74) is 3.54. The van der Waals surface area contributed by atoms with E-state index < -0.39 is 0 Å². The summed E-state index contributed by atoms with van der Waals surface area (Å²) in [5.74, 6) is 0.492. The minimum absolute atomic E-state index is 0.00195. The van der Waals surface area contributed by atoms with Crippen LogP contribution in [0.5, 0.6) is 0 Å². The van der Waals surface area contributed by atoms with Crippen molar-refractivity contribution in [2.24, 2.45) is 5.92 Å². The standard InChI is InChI=1S/C16H22N2O/c1-11(2)9-12(3)16(19)18-10-14-7-6-13-5-4-8-17-15(13)14/h4-5,8,12,14H,1,6-7,9-10H2,2-3H3,(H,18,19). The molecule has 0 spiro atoms. The highest BCUT2D eigenvalue weighted by atomic mass is 16.1. The van der Waals surface area contributed by atoms with Gasteiger partial charge in [-0.05, 0) is 37.8 Å². The second-order valence-electron chi connectivity index (χ2n) is 5.59. The molecular weight excluding hydrogens is 236 g/mol. The second-order valence-corrected chi connectivity index (χ2v) is 5.59. The highest BCUT2D eigenvalue weighted by Crippen LogP contribution is 2.30. The van der Waals surface area contributed by atoms with E-state index in [1.165, 1.54) is 5.56 Å². The van der Waals surface area contributed by atoms with Crippen molar-refractivity contribution in [2.45, 2.75) is 39.0 Å². The summed E-state index contributed by atoms with van der Waals surface area (Å²) in [4.78, 5) is 16.4. The predicted molar refractivity (Wildman–Crippen MR) is 76.9 cm³/mol. The zero-order valence-corrected chi connectivity index (χ0v) is 11.8. The number of fused-ring (bicyclic) bond motifs is 1. The molecule has 0 fully saturated rings. The number of allylic oxidation sites excluding steroid dienone is 1. The Kier molecular flexibility index (Phi) is 4.35. The van der Waals surface area contributed by atoms with Crippen LogP contribution in [0.1, 0.15) is 43.9 Å². The normalized spacial score (nSPS) is 18.7. The van der Waals surface area contributed by atoms with Gasteiger partial charge in [0.15, 0.2) is 0 Å². The summed E-state index contributed by atoms with van der Waals surface area (Å²) in [6.45, 7) is 8.46. The lowest BCUT2D eigenvalue weighted by atomic mass is 10.0. The van der Waals surface area contributed by atoms with Gasteiger partial charge in [-0.15, -0.1) is 6.58 Å². The van der Waals surface area contributed by atoms with E-state index in [0.717, 1.165) is 30.5 Å².